The van der Waals surface area contributed by atoms with Gasteiger partial charge in [-0.05, 0) is 49.3 Å². The molecular formula is C27H49ClN2O5. The molecule has 0 aliphatic carbocycles. The van der Waals surface area contributed by atoms with Crippen LogP contribution in [0.15, 0.2) is 18.2 Å². The van der Waals surface area contributed by atoms with E-state index in [1.165, 1.54) is 0 Å². The second-order valence-corrected chi connectivity index (χ2v) is 10.4. The molecule has 0 aliphatic rings. The molecular weight excluding hydrogens is 468 g/mol. The van der Waals surface area contributed by atoms with Crippen molar-refractivity contribution in [3.05, 3.63) is 23.8 Å². The normalized spacial score (nSPS) is 14.1. The molecule has 0 fully saturated rings. The second-order valence-electron chi connectivity index (χ2n) is 10.4. The largest absolute Gasteiger partial charge is 0.493 e. The molecule has 0 saturated carbocycles. The Morgan fingerprint density at radius 1 is 1.14 bits per heavy atom. The molecule has 0 unspecified atom stereocenters. The summed E-state index contributed by atoms with van der Waals surface area (Å²) in [5.41, 5.74) is 7.10. The quantitative estimate of drug-likeness (QED) is 0.337. The number of benzene rings is 1. The molecule has 3 atom stereocenters. The third-order valence-corrected chi connectivity index (χ3v) is 6.21. The Balaban J connectivity index is 0.0000116. The van der Waals surface area contributed by atoms with Gasteiger partial charge in [0.25, 0.3) is 0 Å². The summed E-state index contributed by atoms with van der Waals surface area (Å²) in [4.78, 5) is 14.4. The lowest BCUT2D eigenvalue weighted by Gasteiger charge is -2.33. The van der Waals surface area contributed by atoms with E-state index in [1.807, 2.05) is 39.8 Å². The molecule has 0 radical (unpaired) electrons. The number of likely N-dealkylation sites (N-methyl/N-ethyl adjacent to an activating group) is 1. The first-order chi connectivity index (χ1) is 15.9. The fraction of sp³-hybridized carbons (Fsp3) is 0.741. The molecule has 3 N–H and O–H groups in total. The van der Waals surface area contributed by atoms with Gasteiger partial charge in [0, 0.05) is 44.7 Å². The van der Waals surface area contributed by atoms with E-state index in [4.69, 9.17) is 19.9 Å². The number of carbonyl (C=O) groups is 1. The molecule has 8 heteroatoms. The van der Waals surface area contributed by atoms with Crippen LogP contribution in [-0.2, 0) is 16.0 Å². The zero-order valence-corrected chi connectivity index (χ0v) is 23.8. The van der Waals surface area contributed by atoms with Gasteiger partial charge < -0.3 is 30.0 Å². The van der Waals surface area contributed by atoms with Crippen LogP contribution in [0.25, 0.3) is 0 Å². The number of carbonyl (C=O) groups excluding carboxylic acids is 1. The van der Waals surface area contributed by atoms with Crippen LogP contribution in [0.1, 0.15) is 59.9 Å². The van der Waals surface area contributed by atoms with Crippen molar-refractivity contribution in [1.82, 2.24) is 4.90 Å². The average molecular weight is 517 g/mol. The number of nitrogens with zero attached hydrogens (tertiary/aromatic N) is 1. The average Bonchev–Trinajstić information content (AvgIpc) is 2.78. The van der Waals surface area contributed by atoms with Gasteiger partial charge in [0.05, 0.1) is 19.8 Å². The number of hydrogen-bond acceptors (Lipinski definition) is 6. The zero-order chi connectivity index (χ0) is 25.9. The van der Waals surface area contributed by atoms with Crippen LogP contribution < -0.4 is 15.2 Å². The molecule has 35 heavy (non-hydrogen) atoms. The maximum Gasteiger partial charge on any atom is 0.228 e. The van der Waals surface area contributed by atoms with Crippen LogP contribution in [0.5, 0.6) is 11.5 Å². The van der Waals surface area contributed by atoms with E-state index < -0.39 is 17.6 Å². The van der Waals surface area contributed by atoms with Crippen molar-refractivity contribution in [1.29, 1.82) is 0 Å². The van der Waals surface area contributed by atoms with E-state index in [-0.39, 0.29) is 30.8 Å². The van der Waals surface area contributed by atoms with Crippen molar-refractivity contribution in [2.75, 3.05) is 40.5 Å². The highest BCUT2D eigenvalue weighted by Crippen LogP contribution is 2.31. The number of methoxy groups -OCH3 is 2. The highest BCUT2D eigenvalue weighted by Gasteiger charge is 2.30. The van der Waals surface area contributed by atoms with E-state index in [2.05, 4.69) is 19.9 Å². The highest BCUT2D eigenvalue weighted by molar-refractivity contribution is 5.85. The van der Waals surface area contributed by atoms with Crippen molar-refractivity contribution in [3.63, 3.8) is 0 Å². The SMILES string of the molecule is CCN(C[C@H](O)[C@@H](N)C[C@H](Cc1ccc(OC)c(OCCCOC)c1)C(C)C)C(=O)C(C)(C)C.Cl. The van der Waals surface area contributed by atoms with Crippen LogP contribution in [0.4, 0.5) is 0 Å². The van der Waals surface area contributed by atoms with Gasteiger partial charge in [-0.3, -0.25) is 4.79 Å². The van der Waals surface area contributed by atoms with Crippen molar-refractivity contribution < 1.29 is 24.1 Å². The number of rotatable bonds is 15. The number of halogens is 1. The van der Waals surface area contributed by atoms with Gasteiger partial charge in [0.15, 0.2) is 11.5 Å². The summed E-state index contributed by atoms with van der Waals surface area (Å²) in [6.07, 6.45) is 1.51. The van der Waals surface area contributed by atoms with Gasteiger partial charge >= 0.3 is 0 Å². The topological polar surface area (TPSA) is 94.2 Å². The Morgan fingerprint density at radius 2 is 1.80 bits per heavy atom. The van der Waals surface area contributed by atoms with E-state index in [1.54, 1.807) is 19.1 Å². The summed E-state index contributed by atoms with van der Waals surface area (Å²) >= 11 is 0. The fourth-order valence-electron chi connectivity index (χ4n) is 3.94. The van der Waals surface area contributed by atoms with Crippen LogP contribution in [-0.4, -0.2) is 68.6 Å². The van der Waals surface area contributed by atoms with Crippen LogP contribution in [0.3, 0.4) is 0 Å². The Morgan fingerprint density at radius 3 is 2.31 bits per heavy atom. The first-order valence-corrected chi connectivity index (χ1v) is 12.5. The molecule has 7 nitrogen and oxygen atoms in total. The number of aliphatic hydroxyl groups excluding tert-OH is 1. The van der Waals surface area contributed by atoms with Crippen LogP contribution in [0, 0.1) is 17.3 Å². The van der Waals surface area contributed by atoms with Crippen molar-refractivity contribution in [2.24, 2.45) is 23.0 Å². The number of aliphatic hydroxyl groups is 1. The molecule has 1 aromatic carbocycles. The van der Waals surface area contributed by atoms with Gasteiger partial charge in [0.2, 0.25) is 5.91 Å². The predicted octanol–water partition coefficient (Wildman–Crippen LogP) is 4.32. The van der Waals surface area contributed by atoms with Crippen molar-refractivity contribution in [2.45, 2.75) is 73.0 Å². The monoisotopic (exact) mass is 516 g/mol. The summed E-state index contributed by atoms with van der Waals surface area (Å²) in [6.45, 7) is 14.0. The molecule has 0 saturated heterocycles. The highest BCUT2D eigenvalue weighted by atomic mass is 35.5. The molecule has 1 rings (SSSR count). The molecule has 204 valence electrons. The second kappa shape index (κ2) is 16.3. The van der Waals surface area contributed by atoms with E-state index >= 15 is 0 Å². The molecule has 1 aromatic rings. The zero-order valence-electron chi connectivity index (χ0n) is 23.0. The Hall–Kier alpha value is -1.54. The standard InChI is InChI=1S/C27H48N2O5.ClH/c1-9-29(26(31)27(4,5)6)18-23(30)22(28)17-21(19(2)3)15-20-11-12-24(33-8)25(16-20)34-14-10-13-32-7;/h11-12,16,19,21-23,30H,9-10,13-15,17-18,28H2,1-8H3;1H/t21-,22-,23-;/m0./s1. The third-order valence-electron chi connectivity index (χ3n) is 6.21. The lowest BCUT2D eigenvalue weighted by molar-refractivity contribution is -0.140. The first-order valence-electron chi connectivity index (χ1n) is 12.5. The summed E-state index contributed by atoms with van der Waals surface area (Å²) < 4.78 is 16.5. The number of hydrogen-bond donors (Lipinski definition) is 2. The molecule has 0 spiro atoms. The Bertz CT molecular complexity index is 739. The van der Waals surface area contributed by atoms with Gasteiger partial charge in [-0.1, -0.05) is 40.7 Å². The lowest BCUT2D eigenvalue weighted by Crippen LogP contribution is -2.49. The maximum atomic E-state index is 12.7. The molecule has 1 amide bonds. The maximum absolute atomic E-state index is 12.7. The molecule has 0 aliphatic heterocycles. The number of ether oxygens (including phenoxy) is 3. The van der Waals surface area contributed by atoms with E-state index in [0.717, 1.165) is 24.2 Å². The predicted molar refractivity (Wildman–Crippen MR) is 145 cm³/mol. The lowest BCUT2D eigenvalue weighted by atomic mass is 9.83. The van der Waals surface area contributed by atoms with E-state index in [9.17, 15) is 9.90 Å². The summed E-state index contributed by atoms with van der Waals surface area (Å²) in [6, 6.07) is 5.60. The van der Waals surface area contributed by atoms with Crippen LogP contribution in [0.2, 0.25) is 0 Å². The van der Waals surface area contributed by atoms with Gasteiger partial charge in [-0.2, -0.15) is 0 Å². The number of amides is 1. The first kappa shape index (κ1) is 33.5. The molecule has 0 bridgehead atoms. The van der Waals surface area contributed by atoms with Gasteiger partial charge in [-0.15, -0.1) is 12.4 Å². The molecule has 0 aromatic heterocycles. The van der Waals surface area contributed by atoms with Gasteiger partial charge in [-0.25, -0.2) is 0 Å². The van der Waals surface area contributed by atoms with Gasteiger partial charge in [0.1, 0.15) is 0 Å². The summed E-state index contributed by atoms with van der Waals surface area (Å²) in [7, 11) is 3.31. The summed E-state index contributed by atoms with van der Waals surface area (Å²) in [5, 5.41) is 10.8. The third kappa shape index (κ3) is 11.4. The minimum atomic E-state index is -0.775. The fourth-order valence-corrected chi connectivity index (χ4v) is 3.94. The number of nitrogens with two attached hydrogens (primary N) is 1. The Kier molecular flexibility index (Phi) is 15.5. The van der Waals surface area contributed by atoms with Crippen LogP contribution >= 0.6 is 12.4 Å². The smallest absolute Gasteiger partial charge is 0.228 e. The van der Waals surface area contributed by atoms with E-state index in [0.29, 0.717) is 37.8 Å². The van der Waals surface area contributed by atoms with Crippen molar-refractivity contribution >= 4 is 18.3 Å². The minimum Gasteiger partial charge on any atom is -0.493 e. The van der Waals surface area contributed by atoms with Crippen molar-refractivity contribution in [3.8, 4) is 11.5 Å². The summed E-state index contributed by atoms with van der Waals surface area (Å²) in [5.74, 6) is 2.11. The Labute approximate surface area is 219 Å². The minimum absolute atomic E-state index is 0. The molecule has 0 heterocycles.